The number of nitrogens with zero attached hydrogens (tertiary/aromatic N) is 4. The van der Waals surface area contributed by atoms with Crippen LogP contribution < -0.4 is 4.90 Å². The van der Waals surface area contributed by atoms with Gasteiger partial charge in [-0.3, -0.25) is 4.98 Å². The first-order valence-corrected chi connectivity index (χ1v) is 6.48. The first kappa shape index (κ1) is 12.9. The van der Waals surface area contributed by atoms with E-state index in [9.17, 15) is 0 Å². The number of anilines is 1. The summed E-state index contributed by atoms with van der Waals surface area (Å²) in [5.41, 5.74) is 1.28. The van der Waals surface area contributed by atoms with Gasteiger partial charge < -0.3 is 9.64 Å². The zero-order chi connectivity index (χ0) is 12.8. The summed E-state index contributed by atoms with van der Waals surface area (Å²) >= 11 is 1.41. The minimum atomic E-state index is 0.467. The molecule has 0 saturated carbocycles. The van der Waals surface area contributed by atoms with Crippen LogP contribution in [0.15, 0.2) is 24.5 Å². The fraction of sp³-hybridized carbons (Fsp3) is 0.417. The van der Waals surface area contributed by atoms with E-state index in [1.165, 1.54) is 17.1 Å². The number of hydrogen-bond acceptors (Lipinski definition) is 6. The number of rotatable bonds is 6. The molecule has 5 nitrogen and oxygen atoms in total. The second-order valence-corrected chi connectivity index (χ2v) is 4.68. The van der Waals surface area contributed by atoms with Crippen molar-refractivity contribution in [3.63, 3.8) is 0 Å². The molecule has 0 amide bonds. The Morgan fingerprint density at radius 1 is 1.33 bits per heavy atom. The molecule has 2 aromatic rings. The van der Waals surface area contributed by atoms with E-state index < -0.39 is 0 Å². The Labute approximate surface area is 111 Å². The van der Waals surface area contributed by atoms with Crippen molar-refractivity contribution in [1.82, 2.24) is 14.3 Å². The fourth-order valence-corrected chi connectivity index (χ4v) is 2.19. The third-order valence-corrected chi connectivity index (χ3v) is 3.41. The Kier molecular flexibility index (Phi) is 4.60. The molecular weight excluding hydrogens is 248 g/mol. The molecule has 0 saturated heterocycles. The minimum Gasteiger partial charge on any atom is -0.377 e. The largest absolute Gasteiger partial charge is 0.377 e. The second-order valence-electron chi connectivity index (χ2n) is 3.95. The predicted octanol–water partition coefficient (Wildman–Crippen LogP) is 1.76. The van der Waals surface area contributed by atoms with E-state index in [1.54, 1.807) is 7.11 Å². The van der Waals surface area contributed by atoms with Gasteiger partial charge in [-0.05, 0) is 24.1 Å². The van der Waals surface area contributed by atoms with Gasteiger partial charge in [-0.2, -0.15) is 4.37 Å². The van der Waals surface area contributed by atoms with Gasteiger partial charge in [0.05, 0.1) is 0 Å². The van der Waals surface area contributed by atoms with Crippen molar-refractivity contribution in [3.05, 3.63) is 35.9 Å². The van der Waals surface area contributed by atoms with Crippen LogP contribution in [-0.4, -0.2) is 35.0 Å². The number of ether oxygens (including phenoxy) is 1. The van der Waals surface area contributed by atoms with Gasteiger partial charge in [0.1, 0.15) is 6.61 Å². The lowest BCUT2D eigenvalue weighted by Gasteiger charge is -2.14. The summed E-state index contributed by atoms with van der Waals surface area (Å²) in [6.45, 7) is 1.38. The highest BCUT2D eigenvalue weighted by molar-refractivity contribution is 7.09. The van der Waals surface area contributed by atoms with Crippen LogP contribution >= 0.6 is 11.5 Å². The van der Waals surface area contributed by atoms with E-state index in [0.717, 1.165) is 23.9 Å². The topological polar surface area (TPSA) is 51.1 Å². The summed E-state index contributed by atoms with van der Waals surface area (Å²) < 4.78 is 9.24. The number of hydrogen-bond donors (Lipinski definition) is 0. The van der Waals surface area contributed by atoms with Crippen molar-refractivity contribution in [2.75, 3.05) is 25.6 Å². The summed E-state index contributed by atoms with van der Waals surface area (Å²) in [7, 11) is 3.67. The molecule has 18 heavy (non-hydrogen) atoms. The Morgan fingerprint density at radius 2 is 2.11 bits per heavy atom. The molecule has 2 rings (SSSR count). The molecule has 0 fully saturated rings. The number of aromatic nitrogens is 3. The molecule has 0 unspecified atom stereocenters. The molecule has 0 spiro atoms. The molecule has 6 heteroatoms. The minimum absolute atomic E-state index is 0.467. The Morgan fingerprint density at radius 3 is 2.83 bits per heavy atom. The van der Waals surface area contributed by atoms with Crippen LogP contribution in [0.1, 0.15) is 11.4 Å². The molecule has 0 aliphatic heterocycles. The van der Waals surface area contributed by atoms with Crippen molar-refractivity contribution in [1.29, 1.82) is 0 Å². The van der Waals surface area contributed by atoms with Crippen molar-refractivity contribution >= 4 is 16.7 Å². The fourth-order valence-electron chi connectivity index (χ4n) is 1.53. The molecule has 96 valence electrons. The zero-order valence-electron chi connectivity index (χ0n) is 10.5. The first-order chi connectivity index (χ1) is 8.79. The molecule has 0 atom stereocenters. The van der Waals surface area contributed by atoms with Gasteiger partial charge in [-0.15, -0.1) is 0 Å². The van der Waals surface area contributed by atoms with Crippen LogP contribution in [-0.2, 0) is 17.8 Å². The molecule has 0 radical (unpaired) electrons. The summed E-state index contributed by atoms with van der Waals surface area (Å²) in [6, 6.07) is 4.06. The summed E-state index contributed by atoms with van der Waals surface area (Å²) in [5.74, 6) is 0.744. The van der Waals surface area contributed by atoms with E-state index in [4.69, 9.17) is 4.74 Å². The number of likely N-dealkylation sites (N-methyl/N-ethyl adjacent to an activating group) is 1. The first-order valence-electron chi connectivity index (χ1n) is 5.71. The smallest absolute Gasteiger partial charge is 0.205 e. The normalized spacial score (nSPS) is 10.6. The van der Waals surface area contributed by atoms with Gasteiger partial charge in [0.2, 0.25) is 5.13 Å². The zero-order valence-corrected chi connectivity index (χ0v) is 11.4. The highest BCUT2D eigenvalue weighted by Crippen LogP contribution is 2.16. The molecule has 2 heterocycles. The Balaban J connectivity index is 1.89. The number of methoxy groups -OCH3 is 1. The van der Waals surface area contributed by atoms with Gasteiger partial charge in [-0.25, -0.2) is 4.98 Å². The Bertz CT molecular complexity index is 474. The van der Waals surface area contributed by atoms with Gasteiger partial charge in [0.25, 0.3) is 0 Å². The predicted molar refractivity (Wildman–Crippen MR) is 71.8 cm³/mol. The summed E-state index contributed by atoms with van der Waals surface area (Å²) in [5, 5.41) is 0.927. The molecule has 2 aromatic heterocycles. The van der Waals surface area contributed by atoms with Crippen LogP contribution in [0.5, 0.6) is 0 Å². The third-order valence-electron chi connectivity index (χ3n) is 2.54. The van der Waals surface area contributed by atoms with Gasteiger partial charge in [0, 0.05) is 44.6 Å². The molecular formula is C12H16N4OS. The molecule has 0 aliphatic rings. The SMILES string of the molecule is COCc1nsc(N(C)CCc2ccncc2)n1. The van der Waals surface area contributed by atoms with Gasteiger partial charge in [-0.1, -0.05) is 0 Å². The van der Waals surface area contributed by atoms with Crippen LogP contribution in [0.3, 0.4) is 0 Å². The average Bonchev–Trinajstić information content (AvgIpc) is 2.86. The number of pyridine rings is 1. The molecule has 0 N–H and O–H groups in total. The monoisotopic (exact) mass is 264 g/mol. The van der Waals surface area contributed by atoms with E-state index in [0.29, 0.717) is 6.61 Å². The van der Waals surface area contributed by atoms with Crippen molar-refractivity contribution < 1.29 is 4.74 Å². The highest BCUT2D eigenvalue weighted by atomic mass is 32.1. The molecule has 0 aromatic carbocycles. The van der Waals surface area contributed by atoms with E-state index in [1.807, 2.05) is 31.6 Å². The summed E-state index contributed by atoms with van der Waals surface area (Å²) in [4.78, 5) is 10.5. The maximum absolute atomic E-state index is 5.01. The van der Waals surface area contributed by atoms with E-state index >= 15 is 0 Å². The molecule has 0 aliphatic carbocycles. The van der Waals surface area contributed by atoms with Crippen LogP contribution in [0.25, 0.3) is 0 Å². The van der Waals surface area contributed by atoms with Crippen LogP contribution in [0.2, 0.25) is 0 Å². The van der Waals surface area contributed by atoms with Crippen LogP contribution in [0, 0.1) is 0 Å². The lowest BCUT2D eigenvalue weighted by molar-refractivity contribution is 0.179. The van der Waals surface area contributed by atoms with E-state index in [2.05, 4.69) is 19.2 Å². The third kappa shape index (κ3) is 3.48. The van der Waals surface area contributed by atoms with Gasteiger partial charge in [0.15, 0.2) is 5.82 Å². The highest BCUT2D eigenvalue weighted by Gasteiger charge is 2.08. The van der Waals surface area contributed by atoms with E-state index in [-0.39, 0.29) is 0 Å². The molecule has 0 bridgehead atoms. The summed E-state index contributed by atoms with van der Waals surface area (Å²) in [6.07, 6.45) is 4.60. The van der Waals surface area contributed by atoms with Crippen molar-refractivity contribution in [2.45, 2.75) is 13.0 Å². The lowest BCUT2D eigenvalue weighted by atomic mass is 10.2. The van der Waals surface area contributed by atoms with Crippen LogP contribution in [0.4, 0.5) is 5.13 Å². The Hall–Kier alpha value is -1.53. The lowest BCUT2D eigenvalue weighted by Crippen LogP contribution is -2.20. The van der Waals surface area contributed by atoms with Crippen molar-refractivity contribution in [2.24, 2.45) is 0 Å². The standard InChI is InChI=1S/C12H16N4OS/c1-16(8-5-10-3-6-13-7-4-10)12-14-11(9-17-2)15-18-12/h3-4,6-7H,5,8-9H2,1-2H3. The maximum Gasteiger partial charge on any atom is 0.205 e. The quantitative estimate of drug-likeness (QED) is 0.795. The average molecular weight is 264 g/mol. The maximum atomic E-state index is 5.01. The van der Waals surface area contributed by atoms with Crippen molar-refractivity contribution in [3.8, 4) is 0 Å². The second kappa shape index (κ2) is 6.42. The van der Waals surface area contributed by atoms with Gasteiger partial charge >= 0.3 is 0 Å².